The third kappa shape index (κ3) is 2.27. The third-order valence-electron chi connectivity index (χ3n) is 3.15. The van der Waals surface area contributed by atoms with Crippen molar-refractivity contribution < 1.29 is 18.3 Å². The molecule has 2 N–H and O–H groups in total. The second-order valence-corrected chi connectivity index (χ2v) is 4.32. The van der Waals surface area contributed by atoms with E-state index in [0.717, 1.165) is 5.56 Å². The zero-order chi connectivity index (χ0) is 14.1. The second-order valence-electron chi connectivity index (χ2n) is 4.32. The van der Waals surface area contributed by atoms with Gasteiger partial charge < -0.3 is 15.2 Å². The van der Waals surface area contributed by atoms with Crippen LogP contribution in [0.4, 0.5) is 8.78 Å². The Hall–Kier alpha value is -1.36. The summed E-state index contributed by atoms with van der Waals surface area (Å²) in [5, 5.41) is 0. The molecule has 102 valence electrons. The van der Waals surface area contributed by atoms with Gasteiger partial charge in [0.15, 0.2) is 0 Å². The first-order valence-corrected chi connectivity index (χ1v) is 5.63. The van der Waals surface area contributed by atoms with Gasteiger partial charge in [0.25, 0.3) is 5.92 Å². The van der Waals surface area contributed by atoms with E-state index in [0.29, 0.717) is 11.3 Å². The van der Waals surface area contributed by atoms with E-state index in [2.05, 4.69) is 0 Å². The summed E-state index contributed by atoms with van der Waals surface area (Å²) in [6.07, 6.45) is 0. The Balaban J connectivity index is 3.57. The summed E-state index contributed by atoms with van der Waals surface area (Å²) < 4.78 is 38.4. The molecule has 1 aromatic carbocycles. The number of alkyl halides is 2. The number of ether oxygens (including phenoxy) is 2. The number of halogens is 2. The van der Waals surface area contributed by atoms with Gasteiger partial charge in [0.1, 0.15) is 11.5 Å². The van der Waals surface area contributed by atoms with Crippen molar-refractivity contribution in [2.24, 2.45) is 5.73 Å². The Kier molecular flexibility index (Phi) is 4.16. The molecule has 0 aliphatic carbocycles. The van der Waals surface area contributed by atoms with Gasteiger partial charge in [-0.2, -0.15) is 8.78 Å². The predicted molar refractivity (Wildman–Crippen MR) is 66.6 cm³/mol. The summed E-state index contributed by atoms with van der Waals surface area (Å²) in [6.45, 7) is 4.78. The van der Waals surface area contributed by atoms with E-state index < -0.39 is 12.0 Å². The summed E-state index contributed by atoms with van der Waals surface area (Å²) in [5.74, 6) is -2.60. The quantitative estimate of drug-likeness (QED) is 0.904. The van der Waals surface area contributed by atoms with Crippen molar-refractivity contribution in [3.8, 4) is 11.5 Å². The maximum Gasteiger partial charge on any atom is 0.291 e. The average Bonchev–Trinajstić information content (AvgIpc) is 2.31. The molecule has 0 radical (unpaired) electrons. The Morgan fingerprint density at radius 3 is 2.11 bits per heavy atom. The monoisotopic (exact) mass is 259 g/mol. The van der Waals surface area contributed by atoms with Crippen LogP contribution >= 0.6 is 0 Å². The van der Waals surface area contributed by atoms with E-state index in [9.17, 15) is 8.78 Å². The van der Waals surface area contributed by atoms with Crippen LogP contribution in [0.25, 0.3) is 0 Å². The normalized spacial score (nSPS) is 13.3. The zero-order valence-corrected chi connectivity index (χ0v) is 11.3. The number of hydrogen-bond donors (Lipinski definition) is 1. The third-order valence-corrected chi connectivity index (χ3v) is 3.15. The molecule has 0 heterocycles. The molecule has 0 bridgehead atoms. The molecular weight excluding hydrogens is 240 g/mol. The predicted octanol–water partition coefficient (Wildman–Crippen LogP) is 2.76. The van der Waals surface area contributed by atoms with Crippen molar-refractivity contribution >= 4 is 0 Å². The largest absolute Gasteiger partial charge is 0.496 e. The Bertz CT molecular complexity index is 445. The molecule has 0 aromatic heterocycles. The smallest absolute Gasteiger partial charge is 0.291 e. The molecule has 3 nitrogen and oxygen atoms in total. The van der Waals surface area contributed by atoms with Crippen molar-refractivity contribution in [2.45, 2.75) is 32.7 Å². The van der Waals surface area contributed by atoms with E-state index in [-0.39, 0.29) is 11.3 Å². The highest BCUT2D eigenvalue weighted by atomic mass is 19.3. The molecule has 0 spiro atoms. The van der Waals surface area contributed by atoms with Crippen molar-refractivity contribution in [1.29, 1.82) is 0 Å². The van der Waals surface area contributed by atoms with Crippen LogP contribution in [-0.2, 0) is 5.92 Å². The fourth-order valence-electron chi connectivity index (χ4n) is 1.83. The molecule has 1 unspecified atom stereocenters. The minimum absolute atomic E-state index is 0.163. The Morgan fingerprint density at radius 1 is 1.17 bits per heavy atom. The highest BCUT2D eigenvalue weighted by Crippen LogP contribution is 2.42. The van der Waals surface area contributed by atoms with Crippen LogP contribution < -0.4 is 15.2 Å². The number of nitrogens with two attached hydrogens (primary N) is 1. The highest BCUT2D eigenvalue weighted by Gasteiger charge is 2.40. The van der Waals surface area contributed by atoms with E-state index in [1.165, 1.54) is 27.2 Å². The van der Waals surface area contributed by atoms with Gasteiger partial charge in [-0.1, -0.05) is 0 Å². The molecule has 1 aromatic rings. The Morgan fingerprint density at radius 2 is 1.72 bits per heavy atom. The second kappa shape index (κ2) is 5.10. The van der Waals surface area contributed by atoms with Gasteiger partial charge >= 0.3 is 0 Å². The van der Waals surface area contributed by atoms with E-state index in [1.54, 1.807) is 13.8 Å². The van der Waals surface area contributed by atoms with Gasteiger partial charge in [0, 0.05) is 0 Å². The average molecular weight is 259 g/mol. The van der Waals surface area contributed by atoms with Crippen LogP contribution in [0.3, 0.4) is 0 Å². The summed E-state index contributed by atoms with van der Waals surface area (Å²) in [5.41, 5.74) is 6.53. The van der Waals surface area contributed by atoms with E-state index >= 15 is 0 Å². The zero-order valence-electron chi connectivity index (χ0n) is 11.3. The van der Waals surface area contributed by atoms with Gasteiger partial charge in [-0.25, -0.2) is 0 Å². The fourth-order valence-corrected chi connectivity index (χ4v) is 1.83. The van der Waals surface area contributed by atoms with Crippen LogP contribution in [0.5, 0.6) is 11.5 Å². The van der Waals surface area contributed by atoms with E-state index in [1.807, 2.05) is 0 Å². The highest BCUT2D eigenvalue weighted by molar-refractivity contribution is 5.54. The molecule has 0 amide bonds. The molecule has 1 atom stereocenters. The molecule has 1 rings (SSSR count). The minimum Gasteiger partial charge on any atom is -0.496 e. The van der Waals surface area contributed by atoms with Crippen LogP contribution in [-0.4, -0.2) is 20.3 Å². The van der Waals surface area contributed by atoms with E-state index in [4.69, 9.17) is 15.2 Å². The Labute approximate surface area is 106 Å². The van der Waals surface area contributed by atoms with Crippen molar-refractivity contribution in [3.05, 3.63) is 22.8 Å². The van der Waals surface area contributed by atoms with Crippen molar-refractivity contribution in [3.63, 3.8) is 0 Å². The summed E-state index contributed by atoms with van der Waals surface area (Å²) in [7, 11) is 2.82. The number of benzene rings is 1. The molecular formula is C13H19F2NO2. The van der Waals surface area contributed by atoms with Crippen LogP contribution in [0, 0.1) is 13.8 Å². The first kappa shape index (κ1) is 14.7. The molecule has 0 fully saturated rings. The molecule has 0 aliphatic rings. The maximum atomic E-state index is 14.1. The first-order chi connectivity index (χ1) is 8.27. The van der Waals surface area contributed by atoms with Crippen molar-refractivity contribution in [2.75, 3.05) is 14.2 Å². The SMILES string of the molecule is COc1cc(C(F)(F)C(C)N)c(OC)c(C)c1C. The summed E-state index contributed by atoms with van der Waals surface area (Å²) >= 11 is 0. The topological polar surface area (TPSA) is 44.5 Å². The maximum absolute atomic E-state index is 14.1. The molecule has 0 saturated carbocycles. The van der Waals surface area contributed by atoms with Crippen LogP contribution in [0.15, 0.2) is 6.07 Å². The lowest BCUT2D eigenvalue weighted by Crippen LogP contribution is -2.36. The number of rotatable bonds is 4. The summed E-state index contributed by atoms with van der Waals surface area (Å²) in [4.78, 5) is 0. The minimum atomic E-state index is -3.17. The molecule has 0 saturated heterocycles. The fraction of sp³-hybridized carbons (Fsp3) is 0.538. The van der Waals surface area contributed by atoms with Gasteiger partial charge in [0.05, 0.1) is 25.8 Å². The number of hydrogen-bond acceptors (Lipinski definition) is 3. The van der Waals surface area contributed by atoms with Crippen molar-refractivity contribution in [1.82, 2.24) is 0 Å². The lowest BCUT2D eigenvalue weighted by Gasteiger charge is -2.25. The molecule has 0 aliphatic heterocycles. The summed E-state index contributed by atoms with van der Waals surface area (Å²) in [6, 6.07) is -0.0111. The van der Waals surface area contributed by atoms with Gasteiger partial charge in [0.2, 0.25) is 0 Å². The van der Waals surface area contributed by atoms with Gasteiger partial charge in [-0.15, -0.1) is 0 Å². The standard InChI is InChI=1S/C13H19F2NO2/c1-7-8(2)12(18-5)10(6-11(7)17-4)13(14,15)9(3)16/h6,9H,16H2,1-5H3. The first-order valence-electron chi connectivity index (χ1n) is 5.63. The lowest BCUT2D eigenvalue weighted by atomic mass is 9.96. The van der Waals surface area contributed by atoms with Gasteiger partial charge in [-0.05, 0) is 38.0 Å². The molecule has 5 heteroatoms. The van der Waals surface area contributed by atoms with Gasteiger partial charge in [-0.3, -0.25) is 0 Å². The lowest BCUT2D eigenvalue weighted by molar-refractivity contribution is -0.0278. The molecule has 18 heavy (non-hydrogen) atoms. The van der Waals surface area contributed by atoms with Crippen LogP contribution in [0.1, 0.15) is 23.6 Å². The number of methoxy groups -OCH3 is 2. The van der Waals surface area contributed by atoms with Crippen LogP contribution in [0.2, 0.25) is 0 Å².